The van der Waals surface area contributed by atoms with Gasteiger partial charge in [-0.3, -0.25) is 4.98 Å². The Balaban J connectivity index is 2.03. The number of carbonyl (C=O) groups is 1. The zero-order chi connectivity index (χ0) is 23.1. The Bertz CT molecular complexity index is 1030. The van der Waals surface area contributed by atoms with E-state index in [0.29, 0.717) is 17.5 Å². The SMILES string of the molecule is COC(=O)c1ccc(C(Cc2ccncc2)c2ccc(OC(F)F)c(OC(F)F)c2)cn1. The Kier molecular flexibility index (Phi) is 7.58. The molecule has 1 atom stereocenters. The maximum Gasteiger partial charge on any atom is 0.387 e. The maximum absolute atomic E-state index is 12.9. The molecule has 168 valence electrons. The first-order chi connectivity index (χ1) is 15.4. The summed E-state index contributed by atoms with van der Waals surface area (Å²) in [6.45, 7) is -6.44. The Morgan fingerprint density at radius 1 is 0.906 bits per heavy atom. The largest absolute Gasteiger partial charge is 0.464 e. The van der Waals surface area contributed by atoms with Gasteiger partial charge in [0.1, 0.15) is 5.69 Å². The van der Waals surface area contributed by atoms with Crippen molar-refractivity contribution in [2.75, 3.05) is 7.11 Å². The average Bonchev–Trinajstić information content (AvgIpc) is 2.78. The van der Waals surface area contributed by atoms with E-state index in [-0.39, 0.29) is 5.69 Å². The highest BCUT2D eigenvalue weighted by molar-refractivity contribution is 5.87. The number of rotatable bonds is 9. The third kappa shape index (κ3) is 5.93. The predicted octanol–water partition coefficient (Wildman–Crippen LogP) is 4.84. The highest BCUT2D eigenvalue weighted by Crippen LogP contribution is 2.36. The second-order valence-electron chi connectivity index (χ2n) is 6.54. The summed E-state index contributed by atoms with van der Waals surface area (Å²) in [6, 6.07) is 10.6. The standard InChI is InChI=1S/C22H18F4N2O4/c1-30-20(29)17-4-2-15(12-28-17)16(10-13-6-8-27-9-7-13)14-3-5-18(31-21(23)24)19(11-14)32-22(25)26/h2-9,11-12,16,21-22H,10H2,1H3. The quantitative estimate of drug-likeness (QED) is 0.343. The van der Waals surface area contributed by atoms with Crippen molar-refractivity contribution in [1.29, 1.82) is 0 Å². The molecule has 32 heavy (non-hydrogen) atoms. The van der Waals surface area contributed by atoms with Crippen LogP contribution < -0.4 is 9.47 Å². The van der Waals surface area contributed by atoms with Gasteiger partial charge < -0.3 is 14.2 Å². The van der Waals surface area contributed by atoms with E-state index in [1.165, 1.54) is 31.5 Å². The lowest BCUT2D eigenvalue weighted by molar-refractivity contribution is -0.0692. The fourth-order valence-corrected chi connectivity index (χ4v) is 3.14. The number of ether oxygens (including phenoxy) is 3. The van der Waals surface area contributed by atoms with E-state index >= 15 is 0 Å². The second-order valence-corrected chi connectivity index (χ2v) is 6.54. The van der Waals surface area contributed by atoms with Crippen LogP contribution in [0.15, 0.2) is 61.1 Å². The molecule has 0 spiro atoms. The van der Waals surface area contributed by atoms with Crippen LogP contribution in [0.3, 0.4) is 0 Å². The van der Waals surface area contributed by atoms with Crippen LogP contribution in [0.2, 0.25) is 0 Å². The Morgan fingerprint density at radius 3 is 2.16 bits per heavy atom. The summed E-state index contributed by atoms with van der Waals surface area (Å²) in [7, 11) is 1.23. The molecule has 0 saturated heterocycles. The number of benzene rings is 1. The first-order valence-corrected chi connectivity index (χ1v) is 9.34. The number of hydrogen-bond acceptors (Lipinski definition) is 6. The molecule has 3 rings (SSSR count). The number of pyridine rings is 2. The van der Waals surface area contributed by atoms with Crippen LogP contribution in [0, 0.1) is 0 Å². The summed E-state index contributed by atoms with van der Waals surface area (Å²) in [4.78, 5) is 19.7. The van der Waals surface area contributed by atoms with Crippen LogP contribution in [0.25, 0.3) is 0 Å². The van der Waals surface area contributed by atoms with E-state index in [9.17, 15) is 22.4 Å². The lowest BCUT2D eigenvalue weighted by atomic mass is 9.86. The summed E-state index contributed by atoms with van der Waals surface area (Å²) in [5.41, 5.74) is 2.12. The van der Waals surface area contributed by atoms with Crippen LogP contribution in [-0.4, -0.2) is 36.3 Å². The first kappa shape index (κ1) is 23.0. The molecule has 10 heteroatoms. The van der Waals surface area contributed by atoms with E-state index < -0.39 is 36.6 Å². The van der Waals surface area contributed by atoms with E-state index in [4.69, 9.17) is 0 Å². The van der Waals surface area contributed by atoms with Gasteiger partial charge >= 0.3 is 19.2 Å². The number of esters is 1. The fourth-order valence-electron chi connectivity index (χ4n) is 3.14. The van der Waals surface area contributed by atoms with Gasteiger partial charge in [0.05, 0.1) is 7.11 Å². The van der Waals surface area contributed by atoms with Gasteiger partial charge in [0.2, 0.25) is 0 Å². The lowest BCUT2D eigenvalue weighted by Gasteiger charge is -2.20. The number of alkyl halides is 4. The molecule has 1 unspecified atom stereocenters. The Morgan fingerprint density at radius 2 is 1.56 bits per heavy atom. The van der Waals surface area contributed by atoms with Crippen molar-refractivity contribution in [3.63, 3.8) is 0 Å². The van der Waals surface area contributed by atoms with Crippen molar-refractivity contribution in [2.45, 2.75) is 25.6 Å². The van der Waals surface area contributed by atoms with Crippen molar-refractivity contribution in [2.24, 2.45) is 0 Å². The van der Waals surface area contributed by atoms with Gasteiger partial charge in [-0.2, -0.15) is 17.6 Å². The van der Waals surface area contributed by atoms with Gasteiger partial charge in [0.25, 0.3) is 0 Å². The van der Waals surface area contributed by atoms with Gasteiger partial charge in [-0.15, -0.1) is 0 Å². The van der Waals surface area contributed by atoms with E-state index in [1.54, 1.807) is 30.6 Å². The van der Waals surface area contributed by atoms with Gasteiger partial charge in [0, 0.05) is 24.5 Å². The Hall–Kier alpha value is -3.69. The van der Waals surface area contributed by atoms with Crippen molar-refractivity contribution in [1.82, 2.24) is 9.97 Å². The van der Waals surface area contributed by atoms with Crippen LogP contribution in [0.5, 0.6) is 11.5 Å². The zero-order valence-corrected chi connectivity index (χ0v) is 16.8. The number of nitrogens with zero attached hydrogens (tertiary/aromatic N) is 2. The summed E-state index contributed by atoms with van der Waals surface area (Å²) < 4.78 is 64.4. The summed E-state index contributed by atoms with van der Waals surface area (Å²) in [6.07, 6.45) is 5.09. The van der Waals surface area contributed by atoms with Crippen molar-refractivity contribution < 1.29 is 36.6 Å². The van der Waals surface area contributed by atoms with Gasteiger partial charge in [0.15, 0.2) is 11.5 Å². The number of aromatic nitrogens is 2. The van der Waals surface area contributed by atoms with Crippen LogP contribution in [-0.2, 0) is 11.2 Å². The Labute approximate surface area is 180 Å². The molecular weight excluding hydrogens is 432 g/mol. The number of halogens is 4. The molecule has 0 aliphatic rings. The highest BCUT2D eigenvalue weighted by atomic mass is 19.3. The highest BCUT2D eigenvalue weighted by Gasteiger charge is 2.21. The second kappa shape index (κ2) is 10.6. The van der Waals surface area contributed by atoms with Crippen molar-refractivity contribution >= 4 is 5.97 Å². The normalized spacial score (nSPS) is 12.0. The number of carbonyl (C=O) groups excluding carboxylic acids is 1. The van der Waals surface area contributed by atoms with E-state index in [1.807, 2.05) is 0 Å². The summed E-state index contributed by atoms with van der Waals surface area (Å²) in [5.74, 6) is -2.07. The molecule has 2 heterocycles. The third-order valence-corrected chi connectivity index (χ3v) is 4.57. The maximum atomic E-state index is 12.9. The lowest BCUT2D eigenvalue weighted by Crippen LogP contribution is -2.11. The molecule has 0 radical (unpaired) electrons. The minimum atomic E-state index is -3.23. The molecule has 1 aromatic carbocycles. The molecular formula is C22H18F4N2O4. The molecule has 3 aromatic rings. The van der Waals surface area contributed by atoms with E-state index in [0.717, 1.165) is 11.6 Å². The smallest absolute Gasteiger partial charge is 0.387 e. The summed E-state index contributed by atoms with van der Waals surface area (Å²) >= 11 is 0. The fraction of sp³-hybridized carbons (Fsp3) is 0.227. The molecule has 0 N–H and O–H groups in total. The molecule has 0 fully saturated rings. The number of hydrogen-bond donors (Lipinski definition) is 0. The van der Waals surface area contributed by atoms with Crippen LogP contribution in [0.1, 0.15) is 33.1 Å². The van der Waals surface area contributed by atoms with Crippen LogP contribution in [0.4, 0.5) is 17.6 Å². The minimum absolute atomic E-state index is 0.0984. The van der Waals surface area contributed by atoms with Crippen molar-refractivity contribution in [3.05, 3.63) is 83.4 Å². The zero-order valence-electron chi connectivity index (χ0n) is 16.8. The molecule has 0 aliphatic heterocycles. The van der Waals surface area contributed by atoms with Gasteiger partial charge in [-0.05, 0) is 53.4 Å². The molecule has 0 saturated carbocycles. The summed E-state index contributed by atoms with van der Waals surface area (Å²) in [5, 5.41) is 0. The number of methoxy groups -OCH3 is 1. The van der Waals surface area contributed by atoms with Gasteiger partial charge in [-0.1, -0.05) is 12.1 Å². The topological polar surface area (TPSA) is 70.5 Å². The molecule has 0 aliphatic carbocycles. The monoisotopic (exact) mass is 450 g/mol. The third-order valence-electron chi connectivity index (χ3n) is 4.57. The minimum Gasteiger partial charge on any atom is -0.464 e. The van der Waals surface area contributed by atoms with Gasteiger partial charge in [-0.25, -0.2) is 9.78 Å². The van der Waals surface area contributed by atoms with Crippen molar-refractivity contribution in [3.8, 4) is 11.5 Å². The van der Waals surface area contributed by atoms with E-state index in [2.05, 4.69) is 24.2 Å². The van der Waals surface area contributed by atoms with Crippen LogP contribution >= 0.6 is 0 Å². The molecule has 0 amide bonds. The first-order valence-electron chi connectivity index (χ1n) is 9.34. The predicted molar refractivity (Wildman–Crippen MR) is 105 cm³/mol. The molecule has 2 aromatic heterocycles. The molecule has 0 bridgehead atoms. The molecule has 6 nitrogen and oxygen atoms in total. The average molecular weight is 450 g/mol.